The monoisotopic (exact) mass is 720 g/mol. The highest BCUT2D eigenvalue weighted by Crippen LogP contribution is 2.49. The Kier molecular flexibility index (Phi) is 12.0. The van der Waals surface area contributed by atoms with Gasteiger partial charge in [-0.2, -0.15) is 0 Å². The van der Waals surface area contributed by atoms with Crippen molar-refractivity contribution in [3.63, 3.8) is 0 Å². The van der Waals surface area contributed by atoms with Crippen LogP contribution in [0.2, 0.25) is 5.02 Å². The molecule has 0 unspecified atom stereocenters. The first kappa shape index (κ1) is 38.6. The fourth-order valence-electron chi connectivity index (χ4n) is 7.29. The molecule has 0 radical (unpaired) electrons. The number of aryl methyl sites for hydroxylation is 3. The van der Waals surface area contributed by atoms with Crippen LogP contribution >= 0.6 is 11.6 Å². The first-order valence-corrected chi connectivity index (χ1v) is 18.5. The Morgan fingerprint density at radius 3 is 2.55 bits per heavy atom. The highest BCUT2D eigenvalue weighted by atomic mass is 35.5. The van der Waals surface area contributed by atoms with Crippen molar-refractivity contribution < 1.29 is 33.7 Å². The molecule has 2 N–H and O–H groups in total. The lowest BCUT2D eigenvalue weighted by atomic mass is 9.82. The number of halogens is 1. The number of nitrogens with one attached hydrogen (secondary N) is 1. The number of benzene rings is 2. The van der Waals surface area contributed by atoms with Crippen molar-refractivity contribution in [3.8, 4) is 0 Å². The number of amides is 2. The number of fused-ring (bicyclic) bond motifs is 5. The molecule has 2 aromatic carbocycles. The van der Waals surface area contributed by atoms with Gasteiger partial charge in [0.15, 0.2) is 0 Å². The summed E-state index contributed by atoms with van der Waals surface area (Å²) in [6, 6.07) is 12.4. The van der Waals surface area contributed by atoms with Crippen molar-refractivity contribution in [1.29, 1.82) is 0 Å². The molecule has 4 bridgehead atoms. The lowest BCUT2D eigenvalue weighted by molar-refractivity contribution is -0.154. The number of allylic oxidation sites excluding steroid dienone is 3. The van der Waals surface area contributed by atoms with E-state index in [1.54, 1.807) is 7.05 Å². The number of aliphatic hydroxyl groups is 1. The predicted octanol–water partition coefficient (Wildman–Crippen LogP) is 7.70. The Bertz CT molecular complexity index is 1670. The van der Waals surface area contributed by atoms with Gasteiger partial charge in [0.05, 0.1) is 23.2 Å². The van der Waals surface area contributed by atoms with Crippen molar-refractivity contribution in [2.75, 3.05) is 11.9 Å². The second-order valence-electron chi connectivity index (χ2n) is 15.1. The highest BCUT2D eigenvalue weighted by Gasteiger charge is 2.64. The summed E-state index contributed by atoms with van der Waals surface area (Å²) < 4.78 is 18.1. The number of unbranched alkanes of at least 4 members (excludes halogenated alkanes) is 2. The van der Waals surface area contributed by atoms with Crippen LogP contribution in [0.1, 0.15) is 88.5 Å². The number of rotatable bonds is 7. The smallest absolute Gasteiger partial charge is 0.409 e. The van der Waals surface area contributed by atoms with E-state index in [4.69, 9.17) is 25.8 Å². The van der Waals surface area contributed by atoms with E-state index >= 15 is 0 Å². The minimum atomic E-state index is -1.55. The molecule has 276 valence electrons. The average molecular weight is 721 g/mol. The van der Waals surface area contributed by atoms with Gasteiger partial charge in [-0.1, -0.05) is 91.6 Å². The lowest BCUT2D eigenvalue weighted by Crippen LogP contribution is -2.60. The number of carbonyl (C=O) groups is 3. The molecular weight excluding hydrogens is 668 g/mol. The van der Waals surface area contributed by atoms with Crippen molar-refractivity contribution in [1.82, 2.24) is 5.32 Å². The zero-order chi connectivity index (χ0) is 37.1. The van der Waals surface area contributed by atoms with Crippen LogP contribution in [0.25, 0.3) is 0 Å². The Morgan fingerprint density at radius 1 is 1.10 bits per heavy atom. The molecule has 7 atom stereocenters. The minimum Gasteiger partial charge on any atom is -0.459 e. The Morgan fingerprint density at radius 2 is 1.82 bits per heavy atom. The number of anilines is 1. The fraction of sp³-hybridized carbons (Fsp3) is 0.537. The standard InChI is InChI=1S/C41H53ClN2O7/c1-25-16-18-30(19-17-25)14-9-8-10-15-36(46)50-34-23-35(45)44(7)32-22-31(21-27(3)37(32)42)20-26(2)12-11-13-28(4)41(48)24-33(49-39(47)43-41)29(5)38-40(34,6)51-38/h11-13,16-19,21-22,28-29,33-34,38,48H,8-10,14-15,20,23-24H2,1-7H3,(H,43,47)/b13-11+,26-12+/t28-,29-,33+,34+,38+,40+,41+/m1/s1. The van der Waals surface area contributed by atoms with Gasteiger partial charge in [-0.25, -0.2) is 4.79 Å². The van der Waals surface area contributed by atoms with E-state index in [2.05, 4.69) is 36.5 Å². The van der Waals surface area contributed by atoms with Gasteiger partial charge in [-0.3, -0.25) is 14.9 Å². The third-order valence-corrected chi connectivity index (χ3v) is 11.3. The molecule has 10 heteroatoms. The summed E-state index contributed by atoms with van der Waals surface area (Å²) in [5, 5.41) is 14.7. The first-order valence-electron chi connectivity index (χ1n) is 18.1. The van der Waals surface area contributed by atoms with E-state index < -0.39 is 47.6 Å². The van der Waals surface area contributed by atoms with Crippen molar-refractivity contribution >= 4 is 35.3 Å². The molecule has 0 saturated carbocycles. The van der Waals surface area contributed by atoms with Gasteiger partial charge in [0.2, 0.25) is 5.91 Å². The number of nitrogens with zero attached hydrogens (tertiary/aromatic N) is 1. The number of carbonyl (C=O) groups excluding carboxylic acids is 3. The van der Waals surface area contributed by atoms with Gasteiger partial charge in [-0.15, -0.1) is 0 Å². The average Bonchev–Trinajstić information content (AvgIpc) is 3.77. The number of alkyl carbamates (subject to hydrolysis) is 1. The predicted molar refractivity (Wildman–Crippen MR) is 199 cm³/mol. The molecule has 0 aliphatic carbocycles. The molecule has 0 spiro atoms. The van der Waals surface area contributed by atoms with E-state index in [0.717, 1.165) is 36.0 Å². The molecule has 0 aromatic heterocycles. The van der Waals surface area contributed by atoms with Crippen LogP contribution in [0.5, 0.6) is 0 Å². The van der Waals surface area contributed by atoms with E-state index in [9.17, 15) is 19.5 Å². The number of ether oxygens (including phenoxy) is 3. The third kappa shape index (κ3) is 9.23. The zero-order valence-corrected chi connectivity index (χ0v) is 31.7. The molecular formula is C41H53ClN2O7. The molecule has 3 heterocycles. The number of hydrogen-bond acceptors (Lipinski definition) is 7. The van der Waals surface area contributed by atoms with Gasteiger partial charge in [0, 0.05) is 31.7 Å². The minimum absolute atomic E-state index is 0.127. The van der Waals surface area contributed by atoms with E-state index in [-0.39, 0.29) is 31.1 Å². The molecule has 5 rings (SSSR count). The fourth-order valence-corrected chi connectivity index (χ4v) is 7.53. The molecule has 2 saturated heterocycles. The summed E-state index contributed by atoms with van der Waals surface area (Å²) in [4.78, 5) is 41.6. The van der Waals surface area contributed by atoms with E-state index in [1.807, 2.05) is 65.0 Å². The van der Waals surface area contributed by atoms with Gasteiger partial charge in [0.25, 0.3) is 0 Å². The SMILES string of the molecule is C/C1=C\C=C\[C@@H](C)[C@@]2(O)C[C@H](OC(=O)N2)[C@@H](C)[C@@H]2O[C@@]2(C)[C@@H](OC(=O)CCCCCc2ccc(C)cc2)CC(=O)N(C)c2cc(cc(C)c2Cl)C1. The molecule has 3 aliphatic heterocycles. The second kappa shape index (κ2) is 15.9. The quantitative estimate of drug-likeness (QED) is 0.171. The summed E-state index contributed by atoms with van der Waals surface area (Å²) in [6.07, 6.45) is 7.15. The Labute approximate surface area is 307 Å². The molecule has 2 fully saturated rings. The van der Waals surface area contributed by atoms with Gasteiger partial charge < -0.3 is 24.2 Å². The normalized spacial score (nSPS) is 31.4. The second-order valence-corrected chi connectivity index (χ2v) is 15.4. The maximum Gasteiger partial charge on any atom is 0.409 e. The molecule has 2 amide bonds. The Balaban J connectivity index is 1.38. The van der Waals surface area contributed by atoms with Gasteiger partial charge in [-0.05, 0) is 76.1 Å². The van der Waals surface area contributed by atoms with Gasteiger partial charge >= 0.3 is 12.1 Å². The van der Waals surface area contributed by atoms with Crippen LogP contribution in [0.3, 0.4) is 0 Å². The van der Waals surface area contributed by atoms with Crippen LogP contribution in [-0.4, -0.2) is 59.8 Å². The van der Waals surface area contributed by atoms with Crippen LogP contribution in [0, 0.1) is 25.7 Å². The van der Waals surface area contributed by atoms with E-state index in [1.165, 1.54) is 16.0 Å². The number of esters is 1. The van der Waals surface area contributed by atoms with Crippen molar-refractivity contribution in [2.45, 2.75) is 123 Å². The highest BCUT2D eigenvalue weighted by molar-refractivity contribution is 6.34. The topological polar surface area (TPSA) is 118 Å². The maximum atomic E-state index is 14.0. The summed E-state index contributed by atoms with van der Waals surface area (Å²) in [5.74, 6) is -1.48. The zero-order valence-electron chi connectivity index (χ0n) is 31.0. The van der Waals surface area contributed by atoms with Crippen LogP contribution in [-0.2, 0) is 36.6 Å². The van der Waals surface area contributed by atoms with Crippen molar-refractivity contribution in [3.05, 3.63) is 87.5 Å². The molecule has 51 heavy (non-hydrogen) atoms. The number of epoxide rings is 1. The Hall–Kier alpha value is -3.66. The molecule has 9 nitrogen and oxygen atoms in total. The summed E-state index contributed by atoms with van der Waals surface area (Å²) in [6.45, 7) is 11.6. The van der Waals surface area contributed by atoms with Crippen LogP contribution in [0.15, 0.2) is 60.2 Å². The largest absolute Gasteiger partial charge is 0.459 e. The maximum absolute atomic E-state index is 14.0. The van der Waals surface area contributed by atoms with E-state index in [0.29, 0.717) is 23.6 Å². The molecule has 3 aliphatic rings. The summed E-state index contributed by atoms with van der Waals surface area (Å²) >= 11 is 6.78. The third-order valence-electron chi connectivity index (χ3n) is 10.8. The van der Waals surface area contributed by atoms with Gasteiger partial charge in [0.1, 0.15) is 23.5 Å². The van der Waals surface area contributed by atoms with Crippen molar-refractivity contribution in [2.24, 2.45) is 11.8 Å². The molecule has 2 aromatic rings. The summed E-state index contributed by atoms with van der Waals surface area (Å²) in [5.41, 5.74) is 3.38. The van der Waals surface area contributed by atoms with Crippen LogP contribution in [0.4, 0.5) is 10.5 Å². The number of hydrogen-bond donors (Lipinski definition) is 2. The summed E-state index contributed by atoms with van der Waals surface area (Å²) in [7, 11) is 1.68. The first-order chi connectivity index (χ1) is 24.1. The lowest BCUT2D eigenvalue weighted by Gasteiger charge is -2.41. The van der Waals surface area contributed by atoms with Crippen LogP contribution < -0.4 is 10.2 Å².